The van der Waals surface area contributed by atoms with Gasteiger partial charge in [0.2, 0.25) is 11.7 Å². The average molecular weight is 398 g/mol. The van der Waals surface area contributed by atoms with Gasteiger partial charge in [-0.05, 0) is 54.8 Å². The van der Waals surface area contributed by atoms with Crippen molar-refractivity contribution in [1.82, 2.24) is 5.32 Å². The van der Waals surface area contributed by atoms with Crippen LogP contribution in [0.5, 0.6) is 17.2 Å². The second kappa shape index (κ2) is 8.43. The number of hydrogen-bond acceptors (Lipinski definition) is 5. The van der Waals surface area contributed by atoms with Crippen molar-refractivity contribution in [3.8, 4) is 17.2 Å². The summed E-state index contributed by atoms with van der Waals surface area (Å²) in [6.45, 7) is 4.09. The molecule has 7 nitrogen and oxygen atoms in total. The Bertz CT molecular complexity index is 916. The van der Waals surface area contributed by atoms with Crippen LogP contribution in [0.1, 0.15) is 41.4 Å². The Kier molecular flexibility index (Phi) is 5.96. The first-order chi connectivity index (χ1) is 13.9. The first-order valence-electron chi connectivity index (χ1n) is 9.41. The third-order valence-electron chi connectivity index (χ3n) is 5.15. The Morgan fingerprint density at radius 2 is 1.69 bits per heavy atom. The van der Waals surface area contributed by atoms with Gasteiger partial charge in [0.15, 0.2) is 11.5 Å². The highest BCUT2D eigenvalue weighted by Crippen LogP contribution is 2.39. The molecule has 154 valence electrons. The van der Waals surface area contributed by atoms with Gasteiger partial charge in [0.1, 0.15) is 0 Å². The second-order valence-electron chi connectivity index (χ2n) is 6.92. The molecular formula is C22H26N2O5. The van der Waals surface area contributed by atoms with Crippen molar-refractivity contribution in [2.75, 3.05) is 32.8 Å². The van der Waals surface area contributed by atoms with Crippen molar-refractivity contribution in [2.45, 2.75) is 26.3 Å². The molecule has 3 rings (SSSR count). The van der Waals surface area contributed by atoms with Gasteiger partial charge in [0, 0.05) is 24.7 Å². The maximum atomic E-state index is 12.8. The van der Waals surface area contributed by atoms with Crippen LogP contribution in [0.25, 0.3) is 0 Å². The molecule has 2 amide bonds. The molecule has 1 aliphatic heterocycles. The summed E-state index contributed by atoms with van der Waals surface area (Å²) in [6, 6.07) is 8.80. The molecule has 1 N–H and O–H groups in total. The summed E-state index contributed by atoms with van der Waals surface area (Å²) in [6.07, 6.45) is 0.748. The number of nitrogens with one attached hydrogen (secondary N) is 1. The van der Waals surface area contributed by atoms with Gasteiger partial charge < -0.3 is 24.4 Å². The lowest BCUT2D eigenvalue weighted by Crippen LogP contribution is -2.27. The van der Waals surface area contributed by atoms with Crippen molar-refractivity contribution in [2.24, 2.45) is 0 Å². The number of rotatable bonds is 6. The van der Waals surface area contributed by atoms with Crippen LogP contribution in [0, 0.1) is 0 Å². The third kappa shape index (κ3) is 3.99. The van der Waals surface area contributed by atoms with E-state index in [0.717, 1.165) is 23.2 Å². The van der Waals surface area contributed by atoms with Gasteiger partial charge in [-0.15, -0.1) is 0 Å². The summed E-state index contributed by atoms with van der Waals surface area (Å²) < 4.78 is 16.1. The zero-order valence-corrected chi connectivity index (χ0v) is 17.4. The molecule has 1 heterocycles. The minimum atomic E-state index is -0.279. The monoisotopic (exact) mass is 398 g/mol. The smallest absolute Gasteiger partial charge is 0.251 e. The number of carbonyl (C=O) groups excluding carboxylic acids is 2. The zero-order chi connectivity index (χ0) is 21.1. The summed E-state index contributed by atoms with van der Waals surface area (Å²) in [5.74, 6) is 1.40. The molecule has 0 bridgehead atoms. The summed E-state index contributed by atoms with van der Waals surface area (Å²) in [5.41, 5.74) is 3.28. The molecule has 2 aromatic carbocycles. The molecule has 2 aromatic rings. The van der Waals surface area contributed by atoms with Crippen LogP contribution in [-0.4, -0.2) is 39.7 Å². The van der Waals surface area contributed by atoms with E-state index in [1.807, 2.05) is 31.2 Å². The van der Waals surface area contributed by atoms with E-state index in [-0.39, 0.29) is 17.9 Å². The van der Waals surface area contributed by atoms with E-state index in [2.05, 4.69) is 5.32 Å². The van der Waals surface area contributed by atoms with Gasteiger partial charge in [-0.2, -0.15) is 0 Å². The molecule has 1 atom stereocenters. The fraction of sp³-hybridized carbons (Fsp3) is 0.364. The predicted molar refractivity (Wildman–Crippen MR) is 110 cm³/mol. The van der Waals surface area contributed by atoms with Crippen molar-refractivity contribution in [3.05, 3.63) is 47.0 Å². The fourth-order valence-corrected chi connectivity index (χ4v) is 3.58. The van der Waals surface area contributed by atoms with Crippen LogP contribution in [0.3, 0.4) is 0 Å². The summed E-state index contributed by atoms with van der Waals surface area (Å²) in [5, 5.41) is 3.01. The van der Waals surface area contributed by atoms with Crippen LogP contribution in [0.4, 0.5) is 5.69 Å². The van der Waals surface area contributed by atoms with E-state index in [0.29, 0.717) is 29.4 Å². The summed E-state index contributed by atoms with van der Waals surface area (Å²) in [7, 11) is 4.66. The number of anilines is 1. The lowest BCUT2D eigenvalue weighted by atomic mass is 10.0. The van der Waals surface area contributed by atoms with Crippen LogP contribution in [0.15, 0.2) is 30.3 Å². The highest BCUT2D eigenvalue weighted by molar-refractivity contribution is 5.98. The first-order valence-corrected chi connectivity index (χ1v) is 9.41. The molecule has 0 aliphatic carbocycles. The number of ether oxygens (including phenoxy) is 3. The number of nitrogens with zero attached hydrogens (tertiary/aromatic N) is 1. The van der Waals surface area contributed by atoms with E-state index in [1.54, 1.807) is 39.2 Å². The fourth-order valence-electron chi connectivity index (χ4n) is 3.58. The Morgan fingerprint density at radius 3 is 2.24 bits per heavy atom. The van der Waals surface area contributed by atoms with E-state index >= 15 is 0 Å². The maximum absolute atomic E-state index is 12.8. The standard InChI is InChI=1S/C22H26N2O5/c1-13(17-11-19(27-3)21(29-5)20(12-17)28-4)23-22(26)16-6-7-18-15(10-16)8-9-24(18)14(2)25/h6-7,10-13H,8-9H2,1-5H3,(H,23,26). The molecule has 7 heteroatoms. The maximum Gasteiger partial charge on any atom is 0.251 e. The van der Waals surface area contributed by atoms with E-state index in [1.165, 1.54) is 0 Å². The van der Waals surface area contributed by atoms with Gasteiger partial charge in [-0.1, -0.05) is 0 Å². The van der Waals surface area contributed by atoms with Gasteiger partial charge in [0.25, 0.3) is 5.91 Å². The average Bonchev–Trinajstić information content (AvgIpc) is 3.15. The Labute approximate surface area is 170 Å². The molecule has 0 saturated carbocycles. The van der Waals surface area contributed by atoms with Gasteiger partial charge in [-0.25, -0.2) is 0 Å². The lowest BCUT2D eigenvalue weighted by molar-refractivity contribution is -0.116. The molecule has 0 saturated heterocycles. The van der Waals surface area contributed by atoms with E-state index in [4.69, 9.17) is 14.2 Å². The normalized spacial score (nSPS) is 13.5. The number of carbonyl (C=O) groups is 2. The molecule has 1 aliphatic rings. The first kappa shape index (κ1) is 20.5. The van der Waals surface area contributed by atoms with Crippen molar-refractivity contribution < 1.29 is 23.8 Å². The van der Waals surface area contributed by atoms with Crippen LogP contribution >= 0.6 is 0 Å². The molecule has 29 heavy (non-hydrogen) atoms. The van der Waals surface area contributed by atoms with E-state index < -0.39 is 0 Å². The highest BCUT2D eigenvalue weighted by atomic mass is 16.5. The molecule has 0 aromatic heterocycles. The quantitative estimate of drug-likeness (QED) is 0.809. The molecule has 0 radical (unpaired) electrons. The minimum Gasteiger partial charge on any atom is -0.493 e. The third-order valence-corrected chi connectivity index (χ3v) is 5.15. The van der Waals surface area contributed by atoms with Crippen molar-refractivity contribution >= 4 is 17.5 Å². The Hall–Kier alpha value is -3.22. The number of hydrogen-bond donors (Lipinski definition) is 1. The number of benzene rings is 2. The zero-order valence-electron chi connectivity index (χ0n) is 17.4. The second-order valence-corrected chi connectivity index (χ2v) is 6.92. The van der Waals surface area contributed by atoms with E-state index in [9.17, 15) is 9.59 Å². The van der Waals surface area contributed by atoms with Crippen LogP contribution < -0.4 is 24.4 Å². The van der Waals surface area contributed by atoms with Gasteiger partial charge in [-0.3, -0.25) is 9.59 Å². The topological polar surface area (TPSA) is 77.1 Å². The lowest BCUT2D eigenvalue weighted by Gasteiger charge is -2.19. The Morgan fingerprint density at radius 1 is 1.03 bits per heavy atom. The number of fused-ring (bicyclic) bond motifs is 1. The minimum absolute atomic E-state index is 0.0111. The highest BCUT2D eigenvalue weighted by Gasteiger charge is 2.24. The largest absolute Gasteiger partial charge is 0.493 e. The van der Waals surface area contributed by atoms with Crippen LogP contribution in [0.2, 0.25) is 0 Å². The SMILES string of the molecule is COc1cc(C(C)NC(=O)c2ccc3c(c2)CCN3C(C)=O)cc(OC)c1OC. The molecule has 1 unspecified atom stereocenters. The Balaban J connectivity index is 1.80. The van der Waals surface area contributed by atoms with Crippen molar-refractivity contribution in [1.29, 1.82) is 0 Å². The molecular weight excluding hydrogens is 372 g/mol. The molecule has 0 spiro atoms. The predicted octanol–water partition coefficient (Wildman–Crippen LogP) is 3.11. The van der Waals surface area contributed by atoms with Crippen LogP contribution in [-0.2, 0) is 11.2 Å². The summed E-state index contributed by atoms with van der Waals surface area (Å²) in [4.78, 5) is 26.2. The number of amides is 2. The number of methoxy groups -OCH3 is 3. The van der Waals surface area contributed by atoms with Gasteiger partial charge >= 0.3 is 0 Å². The van der Waals surface area contributed by atoms with Crippen molar-refractivity contribution in [3.63, 3.8) is 0 Å². The van der Waals surface area contributed by atoms with Gasteiger partial charge in [0.05, 0.1) is 27.4 Å². The summed E-state index contributed by atoms with van der Waals surface area (Å²) >= 11 is 0. The molecule has 0 fully saturated rings.